The molecule has 2 aromatic rings. The Morgan fingerprint density at radius 1 is 1.30 bits per heavy atom. The van der Waals surface area contributed by atoms with Crippen molar-refractivity contribution >= 4 is 17.6 Å². The number of nitrogens with two attached hydrogens (primary N) is 1. The minimum absolute atomic E-state index is 0.0992. The van der Waals surface area contributed by atoms with Crippen molar-refractivity contribution in [3.05, 3.63) is 41.3 Å². The Hall–Kier alpha value is -2.70. The van der Waals surface area contributed by atoms with Crippen LogP contribution >= 0.6 is 0 Å². The van der Waals surface area contributed by atoms with Crippen LogP contribution in [0.4, 0.5) is 5.82 Å². The molecule has 0 saturated heterocycles. The van der Waals surface area contributed by atoms with Gasteiger partial charge < -0.3 is 11.1 Å². The van der Waals surface area contributed by atoms with Crippen LogP contribution in [-0.4, -0.2) is 26.6 Å². The van der Waals surface area contributed by atoms with E-state index >= 15 is 0 Å². The summed E-state index contributed by atoms with van der Waals surface area (Å²) in [5.74, 6) is -0.703. The number of carbonyl (C=O) groups is 2. The van der Waals surface area contributed by atoms with Crippen LogP contribution < -0.4 is 11.1 Å². The second kappa shape index (κ2) is 6.20. The zero-order valence-corrected chi connectivity index (χ0v) is 13.8. The van der Waals surface area contributed by atoms with E-state index in [1.165, 1.54) is 6.07 Å². The largest absolute Gasteiger partial charge is 0.364 e. The average molecular weight is 315 g/mol. The summed E-state index contributed by atoms with van der Waals surface area (Å²) in [7, 11) is 0. The SMILES string of the molecule is CCn1nc(C(C)(C)C)cc1C(=O)Nc1cccc(C(N)=O)n1. The van der Waals surface area contributed by atoms with Crippen LogP contribution in [0, 0.1) is 0 Å². The van der Waals surface area contributed by atoms with E-state index in [0.717, 1.165) is 5.69 Å². The van der Waals surface area contributed by atoms with Gasteiger partial charge >= 0.3 is 0 Å². The third kappa shape index (κ3) is 3.74. The van der Waals surface area contributed by atoms with Crippen molar-refractivity contribution in [2.24, 2.45) is 5.73 Å². The maximum Gasteiger partial charge on any atom is 0.275 e. The Morgan fingerprint density at radius 3 is 2.57 bits per heavy atom. The molecule has 3 N–H and O–H groups in total. The molecule has 0 aromatic carbocycles. The summed E-state index contributed by atoms with van der Waals surface area (Å²) in [5, 5.41) is 7.14. The molecule has 0 bridgehead atoms. The number of pyridine rings is 1. The lowest BCUT2D eigenvalue weighted by molar-refractivity contribution is 0.0989. The van der Waals surface area contributed by atoms with Gasteiger partial charge in [-0.3, -0.25) is 14.3 Å². The van der Waals surface area contributed by atoms with Gasteiger partial charge in [-0.05, 0) is 25.1 Å². The number of anilines is 1. The number of primary amides is 1. The topological polar surface area (TPSA) is 103 Å². The fourth-order valence-electron chi connectivity index (χ4n) is 2.03. The maximum absolute atomic E-state index is 12.5. The zero-order chi connectivity index (χ0) is 17.2. The van der Waals surface area contributed by atoms with Crippen LogP contribution in [0.3, 0.4) is 0 Å². The van der Waals surface area contributed by atoms with Gasteiger partial charge in [0.05, 0.1) is 5.69 Å². The van der Waals surface area contributed by atoms with Crippen LogP contribution in [0.1, 0.15) is 54.4 Å². The molecule has 0 fully saturated rings. The van der Waals surface area contributed by atoms with Gasteiger partial charge in [0.15, 0.2) is 0 Å². The first-order chi connectivity index (χ1) is 10.7. The molecule has 0 radical (unpaired) electrons. The summed E-state index contributed by atoms with van der Waals surface area (Å²) in [4.78, 5) is 27.7. The normalized spacial score (nSPS) is 11.3. The van der Waals surface area contributed by atoms with Crippen molar-refractivity contribution in [2.75, 3.05) is 5.32 Å². The first-order valence-corrected chi connectivity index (χ1v) is 7.39. The Morgan fingerprint density at radius 2 is 2.00 bits per heavy atom. The molecule has 0 spiro atoms. The minimum atomic E-state index is -0.644. The van der Waals surface area contributed by atoms with Gasteiger partial charge in [0.2, 0.25) is 0 Å². The van der Waals surface area contributed by atoms with Gasteiger partial charge in [0.25, 0.3) is 11.8 Å². The third-order valence-corrected chi connectivity index (χ3v) is 3.32. The van der Waals surface area contributed by atoms with Crippen molar-refractivity contribution in [1.29, 1.82) is 0 Å². The number of nitrogens with zero attached hydrogens (tertiary/aromatic N) is 3. The molecule has 0 saturated carbocycles. The lowest BCUT2D eigenvalue weighted by atomic mass is 9.92. The number of carbonyl (C=O) groups excluding carboxylic acids is 2. The maximum atomic E-state index is 12.5. The van der Waals surface area contributed by atoms with E-state index in [9.17, 15) is 9.59 Å². The number of nitrogens with one attached hydrogen (secondary N) is 1. The summed E-state index contributed by atoms with van der Waals surface area (Å²) in [6.07, 6.45) is 0. The van der Waals surface area contributed by atoms with Gasteiger partial charge in [-0.15, -0.1) is 0 Å². The molecule has 0 aliphatic heterocycles. The van der Waals surface area contributed by atoms with Crippen molar-refractivity contribution in [2.45, 2.75) is 39.7 Å². The third-order valence-electron chi connectivity index (χ3n) is 3.32. The van der Waals surface area contributed by atoms with Crippen LogP contribution in [0.25, 0.3) is 0 Å². The first-order valence-electron chi connectivity index (χ1n) is 7.39. The van der Waals surface area contributed by atoms with E-state index in [1.807, 2.05) is 27.7 Å². The van der Waals surface area contributed by atoms with Crippen LogP contribution in [0.2, 0.25) is 0 Å². The number of rotatable bonds is 4. The molecule has 7 heteroatoms. The zero-order valence-electron chi connectivity index (χ0n) is 13.8. The molecule has 0 atom stereocenters. The standard InChI is InChI=1S/C16H21N5O2/c1-5-21-11(9-12(20-21)16(2,3)4)15(23)19-13-8-6-7-10(18-13)14(17)22/h6-9H,5H2,1-4H3,(H2,17,22)(H,18,19,23). The molecule has 122 valence electrons. The Balaban J connectivity index is 2.29. The highest BCUT2D eigenvalue weighted by atomic mass is 16.2. The molecule has 2 heterocycles. The summed E-state index contributed by atoms with van der Waals surface area (Å²) < 4.78 is 1.65. The Bertz CT molecular complexity index is 743. The lowest BCUT2D eigenvalue weighted by Crippen LogP contribution is -2.19. The number of hydrogen-bond donors (Lipinski definition) is 2. The summed E-state index contributed by atoms with van der Waals surface area (Å²) >= 11 is 0. The van der Waals surface area contributed by atoms with E-state index in [2.05, 4.69) is 15.4 Å². The fourth-order valence-corrected chi connectivity index (χ4v) is 2.03. The molecule has 23 heavy (non-hydrogen) atoms. The van der Waals surface area contributed by atoms with E-state index in [0.29, 0.717) is 12.2 Å². The lowest BCUT2D eigenvalue weighted by Gasteiger charge is -2.13. The van der Waals surface area contributed by atoms with E-state index in [4.69, 9.17) is 5.73 Å². The van der Waals surface area contributed by atoms with Crippen LogP contribution in [0.5, 0.6) is 0 Å². The van der Waals surface area contributed by atoms with Crippen molar-refractivity contribution < 1.29 is 9.59 Å². The number of aromatic nitrogens is 3. The van der Waals surface area contributed by atoms with Gasteiger partial charge in [-0.25, -0.2) is 4.98 Å². The predicted octanol–water partition coefficient (Wildman–Crippen LogP) is 1.95. The highest BCUT2D eigenvalue weighted by Crippen LogP contribution is 2.22. The van der Waals surface area contributed by atoms with Crippen molar-refractivity contribution in [3.8, 4) is 0 Å². The second-order valence-corrected chi connectivity index (χ2v) is 6.21. The molecule has 7 nitrogen and oxygen atoms in total. The van der Waals surface area contributed by atoms with Crippen molar-refractivity contribution in [1.82, 2.24) is 14.8 Å². The van der Waals surface area contributed by atoms with Gasteiger partial charge in [-0.1, -0.05) is 26.8 Å². The molecule has 0 unspecified atom stereocenters. The molecule has 0 aliphatic rings. The number of amides is 2. The van der Waals surface area contributed by atoms with Gasteiger partial charge in [0.1, 0.15) is 17.2 Å². The Kier molecular flexibility index (Phi) is 4.49. The van der Waals surface area contributed by atoms with E-state index < -0.39 is 5.91 Å². The highest BCUT2D eigenvalue weighted by Gasteiger charge is 2.22. The monoisotopic (exact) mass is 315 g/mol. The van der Waals surface area contributed by atoms with E-state index in [-0.39, 0.29) is 22.8 Å². The van der Waals surface area contributed by atoms with E-state index in [1.54, 1.807) is 22.9 Å². The summed E-state index contributed by atoms with van der Waals surface area (Å²) in [6.45, 7) is 8.61. The van der Waals surface area contributed by atoms with Crippen molar-refractivity contribution in [3.63, 3.8) is 0 Å². The van der Waals surface area contributed by atoms with Gasteiger partial charge in [-0.2, -0.15) is 5.10 Å². The predicted molar refractivity (Wildman–Crippen MR) is 87.3 cm³/mol. The Labute approximate surface area is 134 Å². The second-order valence-electron chi connectivity index (χ2n) is 6.21. The minimum Gasteiger partial charge on any atom is -0.364 e. The summed E-state index contributed by atoms with van der Waals surface area (Å²) in [6, 6.07) is 6.48. The molecule has 2 rings (SSSR count). The molecule has 2 aromatic heterocycles. The molecular weight excluding hydrogens is 294 g/mol. The van der Waals surface area contributed by atoms with Crippen LogP contribution in [0.15, 0.2) is 24.3 Å². The highest BCUT2D eigenvalue weighted by molar-refractivity contribution is 6.03. The molecule has 0 aliphatic carbocycles. The average Bonchev–Trinajstić information content (AvgIpc) is 2.92. The van der Waals surface area contributed by atoms with Crippen LogP contribution in [-0.2, 0) is 12.0 Å². The molecular formula is C16H21N5O2. The number of aryl methyl sites for hydroxylation is 1. The summed E-state index contributed by atoms with van der Waals surface area (Å²) in [5.41, 5.74) is 6.42. The molecule has 2 amide bonds. The fraction of sp³-hybridized carbons (Fsp3) is 0.375. The smallest absolute Gasteiger partial charge is 0.275 e. The van der Waals surface area contributed by atoms with Gasteiger partial charge in [0, 0.05) is 12.0 Å². The quantitative estimate of drug-likeness (QED) is 0.900. The number of hydrogen-bond acceptors (Lipinski definition) is 4. The first kappa shape index (κ1) is 16.7.